The first-order chi connectivity index (χ1) is 12.1. The zero-order chi connectivity index (χ0) is 17.4. The fourth-order valence-corrected chi connectivity index (χ4v) is 3.13. The van der Waals surface area contributed by atoms with Crippen LogP contribution in [0.1, 0.15) is 21.6 Å². The molecule has 0 bridgehead atoms. The van der Waals surface area contributed by atoms with Gasteiger partial charge in [0.15, 0.2) is 0 Å². The highest BCUT2D eigenvalue weighted by atomic mass is 16.3. The molecular formula is C21H16N2O2. The summed E-state index contributed by atoms with van der Waals surface area (Å²) in [5.74, 6) is 0.176. The summed E-state index contributed by atoms with van der Waals surface area (Å²) >= 11 is 0. The van der Waals surface area contributed by atoms with E-state index in [9.17, 15) is 9.90 Å². The molecule has 0 spiro atoms. The number of rotatable bonds is 1. The van der Waals surface area contributed by atoms with Gasteiger partial charge in [0.1, 0.15) is 11.4 Å². The summed E-state index contributed by atoms with van der Waals surface area (Å²) in [4.78, 5) is 18.0. The minimum atomic E-state index is -0.0742. The predicted octanol–water partition coefficient (Wildman–Crippen LogP) is 3.97. The Morgan fingerprint density at radius 2 is 1.76 bits per heavy atom. The molecule has 0 fully saturated rings. The number of aromatic nitrogens is 1. The van der Waals surface area contributed by atoms with Crippen LogP contribution in [0.5, 0.6) is 5.75 Å². The molecule has 1 N–H and O–H groups in total. The summed E-state index contributed by atoms with van der Waals surface area (Å²) in [5, 5.41) is 10.1. The van der Waals surface area contributed by atoms with Gasteiger partial charge in [0, 0.05) is 30.6 Å². The van der Waals surface area contributed by atoms with Crippen molar-refractivity contribution >= 4 is 22.6 Å². The predicted molar refractivity (Wildman–Crippen MR) is 99.3 cm³/mol. The lowest BCUT2D eigenvalue weighted by atomic mass is 9.94. The molecule has 0 atom stereocenters. The quantitative estimate of drug-likeness (QED) is 0.860. The lowest BCUT2D eigenvalue weighted by molar-refractivity contribution is 0.104. The van der Waals surface area contributed by atoms with Crippen LogP contribution in [0.4, 0.5) is 5.69 Å². The van der Waals surface area contributed by atoms with E-state index in [-0.39, 0.29) is 11.5 Å². The van der Waals surface area contributed by atoms with Crippen LogP contribution >= 0.6 is 0 Å². The summed E-state index contributed by atoms with van der Waals surface area (Å²) in [6, 6.07) is 9.23. The lowest BCUT2D eigenvalue weighted by Gasteiger charge is -2.24. The van der Waals surface area contributed by atoms with Crippen molar-refractivity contribution in [1.82, 2.24) is 4.98 Å². The molecule has 2 heterocycles. The summed E-state index contributed by atoms with van der Waals surface area (Å²) in [6.07, 6.45) is 12.9. The number of allylic oxidation sites excluding steroid dienone is 7. The Bertz CT molecular complexity index is 997. The molecule has 25 heavy (non-hydrogen) atoms. The monoisotopic (exact) mass is 328 g/mol. The third-order valence-electron chi connectivity index (χ3n) is 4.36. The van der Waals surface area contributed by atoms with Gasteiger partial charge >= 0.3 is 0 Å². The van der Waals surface area contributed by atoms with Crippen LogP contribution < -0.4 is 4.90 Å². The highest BCUT2D eigenvalue weighted by Gasteiger charge is 2.18. The summed E-state index contributed by atoms with van der Waals surface area (Å²) in [6.45, 7) is 0. The van der Waals surface area contributed by atoms with E-state index in [2.05, 4.69) is 4.98 Å². The topological polar surface area (TPSA) is 53.4 Å². The van der Waals surface area contributed by atoms with E-state index >= 15 is 0 Å². The normalized spacial score (nSPS) is 18.6. The lowest BCUT2D eigenvalue weighted by Crippen LogP contribution is -2.13. The standard InChI is InChI=1S/C21H16N2O2/c1-23-13-11-15(17-4-2-6-19(25)21(17)23)8-7-14-9-10-18(24)20-16(14)5-3-12-22-20/h2-13,25H,1H3. The van der Waals surface area contributed by atoms with Gasteiger partial charge in [0.25, 0.3) is 0 Å². The van der Waals surface area contributed by atoms with E-state index in [4.69, 9.17) is 0 Å². The van der Waals surface area contributed by atoms with E-state index in [0.717, 1.165) is 28.0 Å². The minimum absolute atomic E-state index is 0.0742. The first kappa shape index (κ1) is 15.1. The number of carbonyl (C=O) groups excluding carboxylic acids is 1. The Kier molecular flexibility index (Phi) is 3.58. The van der Waals surface area contributed by atoms with Crippen molar-refractivity contribution in [2.45, 2.75) is 0 Å². The van der Waals surface area contributed by atoms with Crippen molar-refractivity contribution in [2.24, 2.45) is 0 Å². The van der Waals surface area contributed by atoms with Crippen LogP contribution in [-0.4, -0.2) is 22.9 Å². The van der Waals surface area contributed by atoms with E-state index < -0.39 is 0 Å². The number of carbonyl (C=O) groups is 1. The Balaban J connectivity index is 1.80. The van der Waals surface area contributed by atoms with Crippen molar-refractivity contribution in [3.63, 3.8) is 0 Å². The second-order valence-electron chi connectivity index (χ2n) is 5.94. The van der Waals surface area contributed by atoms with Gasteiger partial charge in [-0.15, -0.1) is 0 Å². The third kappa shape index (κ3) is 2.58. The molecule has 1 aromatic heterocycles. The minimum Gasteiger partial charge on any atom is -0.506 e. The molecule has 0 amide bonds. The number of anilines is 1. The molecule has 2 aromatic rings. The molecule has 2 aliphatic rings. The van der Waals surface area contributed by atoms with E-state index in [0.29, 0.717) is 5.69 Å². The van der Waals surface area contributed by atoms with Crippen LogP contribution in [0.2, 0.25) is 0 Å². The molecule has 1 aliphatic heterocycles. The highest BCUT2D eigenvalue weighted by molar-refractivity contribution is 6.11. The molecule has 0 saturated carbocycles. The third-order valence-corrected chi connectivity index (χ3v) is 4.36. The van der Waals surface area contributed by atoms with Crippen molar-refractivity contribution < 1.29 is 9.90 Å². The maximum atomic E-state index is 11.9. The van der Waals surface area contributed by atoms with Gasteiger partial charge in [-0.1, -0.05) is 36.4 Å². The number of ketones is 1. The van der Waals surface area contributed by atoms with E-state index in [1.54, 1.807) is 18.3 Å². The Hall–Kier alpha value is -3.40. The van der Waals surface area contributed by atoms with Crippen molar-refractivity contribution in [2.75, 3.05) is 11.9 Å². The molecular weight excluding hydrogens is 312 g/mol. The summed E-state index contributed by atoms with van der Waals surface area (Å²) in [7, 11) is 1.90. The number of phenols is 1. The first-order valence-electron chi connectivity index (χ1n) is 7.98. The van der Waals surface area contributed by atoms with Crippen molar-refractivity contribution in [1.29, 1.82) is 0 Å². The summed E-state index contributed by atoms with van der Waals surface area (Å²) in [5.41, 5.74) is 4.98. The van der Waals surface area contributed by atoms with Crippen LogP contribution in [0.3, 0.4) is 0 Å². The van der Waals surface area contributed by atoms with Gasteiger partial charge in [-0.2, -0.15) is 0 Å². The van der Waals surface area contributed by atoms with Gasteiger partial charge in [-0.3, -0.25) is 9.78 Å². The maximum absolute atomic E-state index is 11.9. The van der Waals surface area contributed by atoms with Crippen molar-refractivity contribution in [3.05, 3.63) is 89.9 Å². The number of hydrogen-bond donors (Lipinski definition) is 1. The van der Waals surface area contributed by atoms with Gasteiger partial charge in [0.2, 0.25) is 5.78 Å². The molecule has 1 aromatic carbocycles. The Labute approximate surface area is 145 Å². The van der Waals surface area contributed by atoms with E-state index in [1.165, 1.54) is 0 Å². The molecule has 4 rings (SSSR count). The van der Waals surface area contributed by atoms with E-state index in [1.807, 2.05) is 66.7 Å². The molecule has 0 saturated heterocycles. The second kappa shape index (κ2) is 5.91. The van der Waals surface area contributed by atoms with Crippen LogP contribution in [0, 0.1) is 0 Å². The molecule has 4 heteroatoms. The smallest absolute Gasteiger partial charge is 0.204 e. The fraction of sp³-hybridized carbons (Fsp3) is 0.0476. The fourth-order valence-electron chi connectivity index (χ4n) is 3.13. The Morgan fingerprint density at radius 1 is 1.00 bits per heavy atom. The SMILES string of the molecule is CN1C=CC(=CC=C2C=CC(=O)c3ncccc32)c2cccc(O)c21. The number of aromatic hydroxyl groups is 1. The van der Waals surface area contributed by atoms with Crippen LogP contribution in [0.15, 0.2) is 73.1 Å². The molecule has 4 nitrogen and oxygen atoms in total. The van der Waals surface area contributed by atoms with Gasteiger partial charge in [-0.25, -0.2) is 0 Å². The zero-order valence-electron chi connectivity index (χ0n) is 13.7. The highest BCUT2D eigenvalue weighted by Crippen LogP contribution is 2.38. The molecule has 0 radical (unpaired) electrons. The zero-order valence-corrected chi connectivity index (χ0v) is 13.7. The van der Waals surface area contributed by atoms with Crippen LogP contribution in [-0.2, 0) is 0 Å². The number of nitrogens with zero attached hydrogens (tertiary/aromatic N) is 2. The van der Waals surface area contributed by atoms with Gasteiger partial charge in [-0.05, 0) is 35.4 Å². The second-order valence-corrected chi connectivity index (χ2v) is 5.94. The van der Waals surface area contributed by atoms with Crippen molar-refractivity contribution in [3.8, 4) is 5.75 Å². The maximum Gasteiger partial charge on any atom is 0.204 e. The number of benzene rings is 1. The number of fused-ring (bicyclic) bond motifs is 2. The summed E-state index contributed by atoms with van der Waals surface area (Å²) < 4.78 is 0. The number of pyridine rings is 1. The Morgan fingerprint density at radius 3 is 2.60 bits per heavy atom. The first-order valence-corrected chi connectivity index (χ1v) is 7.98. The average Bonchev–Trinajstić information content (AvgIpc) is 2.63. The molecule has 122 valence electrons. The molecule has 1 aliphatic carbocycles. The van der Waals surface area contributed by atoms with Gasteiger partial charge in [0.05, 0.1) is 5.69 Å². The largest absolute Gasteiger partial charge is 0.506 e. The van der Waals surface area contributed by atoms with Gasteiger partial charge < -0.3 is 10.0 Å². The average molecular weight is 328 g/mol. The van der Waals surface area contributed by atoms with Crippen LogP contribution in [0.25, 0.3) is 11.1 Å². The molecule has 0 unspecified atom stereocenters. The number of para-hydroxylation sites is 1. The number of hydrogen-bond acceptors (Lipinski definition) is 4. The number of phenolic OH excluding ortho intramolecular Hbond substituents is 1.